The number of benzene rings is 1. The van der Waals surface area contributed by atoms with E-state index in [0.29, 0.717) is 49.8 Å². The molecule has 0 spiro atoms. The maximum atomic E-state index is 16.4. The summed E-state index contributed by atoms with van der Waals surface area (Å²) in [5.41, 5.74) is 0.359. The summed E-state index contributed by atoms with van der Waals surface area (Å²) in [7, 11) is 0. The summed E-state index contributed by atoms with van der Waals surface area (Å²) in [5, 5.41) is 0.228. The zero-order valence-electron chi connectivity index (χ0n) is 28.3. The van der Waals surface area contributed by atoms with E-state index < -0.39 is 29.5 Å². The van der Waals surface area contributed by atoms with Gasteiger partial charge in [-0.05, 0) is 57.0 Å². The van der Waals surface area contributed by atoms with Crippen LogP contribution in [0.1, 0.15) is 57.9 Å². The molecule has 0 radical (unpaired) electrons. The highest BCUT2D eigenvalue weighted by Gasteiger charge is 2.35. The third-order valence-corrected chi connectivity index (χ3v) is 8.93. The van der Waals surface area contributed by atoms with Crippen molar-refractivity contribution in [2.45, 2.75) is 58.8 Å². The van der Waals surface area contributed by atoms with Crippen LogP contribution in [0.5, 0.6) is 5.75 Å². The number of aromatic nitrogens is 4. The van der Waals surface area contributed by atoms with Crippen LogP contribution in [0.25, 0.3) is 28.0 Å². The molecule has 2 bridgehead atoms. The molecule has 2 aliphatic heterocycles. The van der Waals surface area contributed by atoms with Gasteiger partial charge in [-0.25, -0.2) is 23.1 Å². The van der Waals surface area contributed by atoms with Crippen LogP contribution in [-0.2, 0) is 14.3 Å². The average molecular weight is 675 g/mol. The van der Waals surface area contributed by atoms with E-state index in [1.54, 1.807) is 23.2 Å². The molecule has 11 nitrogen and oxygen atoms in total. The smallest absolute Gasteiger partial charge is 0.355 e. The van der Waals surface area contributed by atoms with E-state index in [9.17, 15) is 9.59 Å². The van der Waals surface area contributed by atoms with Crippen LogP contribution in [0.15, 0.2) is 54.0 Å². The molecule has 5 heterocycles. The summed E-state index contributed by atoms with van der Waals surface area (Å²) >= 11 is 0. The van der Waals surface area contributed by atoms with Crippen molar-refractivity contribution in [1.29, 1.82) is 0 Å². The molecule has 1 fully saturated rings. The first-order chi connectivity index (χ1) is 23.6. The van der Waals surface area contributed by atoms with E-state index in [0.717, 1.165) is 0 Å². The molecular weight excluding hydrogens is 634 g/mol. The van der Waals surface area contributed by atoms with Crippen LogP contribution in [0.3, 0.4) is 0 Å². The van der Waals surface area contributed by atoms with Crippen molar-refractivity contribution < 1.29 is 27.8 Å². The Morgan fingerprint density at radius 2 is 1.90 bits per heavy atom. The predicted molar refractivity (Wildman–Crippen MR) is 181 cm³/mol. The fourth-order valence-corrected chi connectivity index (χ4v) is 6.72. The van der Waals surface area contributed by atoms with E-state index in [-0.39, 0.29) is 58.3 Å². The molecule has 3 atom stereocenters. The molecule has 3 aromatic heterocycles. The number of anilines is 1. The van der Waals surface area contributed by atoms with Crippen LogP contribution in [0, 0.1) is 11.6 Å². The van der Waals surface area contributed by atoms with Crippen molar-refractivity contribution in [2.24, 2.45) is 0 Å². The number of piperazine rings is 1. The molecule has 2 unspecified atom stereocenters. The Labute approximate surface area is 283 Å². The van der Waals surface area contributed by atoms with Gasteiger partial charge in [-0.1, -0.05) is 26.5 Å². The molecule has 4 aromatic rings. The summed E-state index contributed by atoms with van der Waals surface area (Å²) in [4.78, 5) is 44.4. The molecule has 1 saturated heterocycles. The normalized spacial score (nSPS) is 19.2. The van der Waals surface area contributed by atoms with Crippen LogP contribution in [0.2, 0.25) is 0 Å². The van der Waals surface area contributed by atoms with E-state index in [4.69, 9.17) is 19.2 Å². The quantitative estimate of drug-likeness (QED) is 0.240. The number of fused-ring (bicyclic) bond motifs is 5. The van der Waals surface area contributed by atoms with Crippen molar-refractivity contribution in [1.82, 2.24) is 24.4 Å². The third-order valence-electron chi connectivity index (χ3n) is 8.93. The molecule has 2 aliphatic rings. The number of carbonyl (C=O) groups excluding carboxylic acids is 1. The van der Waals surface area contributed by atoms with Gasteiger partial charge < -0.3 is 24.0 Å². The summed E-state index contributed by atoms with van der Waals surface area (Å²) in [6, 6.07) is 6.93. The fourth-order valence-electron chi connectivity index (χ4n) is 6.72. The van der Waals surface area contributed by atoms with Gasteiger partial charge >= 0.3 is 5.69 Å². The predicted octanol–water partition coefficient (Wildman–Crippen LogP) is 5.34. The Kier molecular flexibility index (Phi) is 9.75. The Bertz CT molecular complexity index is 1970. The molecule has 6 rings (SSSR count). The van der Waals surface area contributed by atoms with E-state index in [2.05, 4.69) is 16.5 Å². The van der Waals surface area contributed by atoms with Gasteiger partial charge in [0.05, 0.1) is 22.3 Å². The number of pyridine rings is 2. The highest BCUT2D eigenvalue weighted by molar-refractivity contribution is 5.91. The van der Waals surface area contributed by atoms with E-state index in [1.165, 1.54) is 28.8 Å². The zero-order valence-corrected chi connectivity index (χ0v) is 28.3. The van der Waals surface area contributed by atoms with Gasteiger partial charge in [-0.15, -0.1) is 0 Å². The Morgan fingerprint density at radius 1 is 1.12 bits per heavy atom. The highest BCUT2D eigenvalue weighted by atomic mass is 19.1. The Hall–Kier alpha value is -4.75. The molecule has 1 aromatic carbocycles. The third kappa shape index (κ3) is 6.17. The first-order valence-corrected chi connectivity index (χ1v) is 16.5. The topological polar surface area (TPSA) is 112 Å². The van der Waals surface area contributed by atoms with Crippen LogP contribution >= 0.6 is 0 Å². The summed E-state index contributed by atoms with van der Waals surface area (Å²) < 4.78 is 52.2. The lowest BCUT2D eigenvalue weighted by atomic mass is 9.97. The average Bonchev–Trinajstić information content (AvgIpc) is 3.08. The van der Waals surface area contributed by atoms with Gasteiger partial charge in [0.1, 0.15) is 41.9 Å². The molecular formula is C36H40F2N6O5. The van der Waals surface area contributed by atoms with Gasteiger partial charge in [0.2, 0.25) is 5.91 Å². The van der Waals surface area contributed by atoms with Gasteiger partial charge in [-0.2, -0.15) is 4.98 Å². The van der Waals surface area contributed by atoms with Crippen molar-refractivity contribution in [3.63, 3.8) is 0 Å². The lowest BCUT2D eigenvalue weighted by Crippen LogP contribution is -2.54. The van der Waals surface area contributed by atoms with Gasteiger partial charge in [0.15, 0.2) is 11.5 Å². The van der Waals surface area contributed by atoms with Crippen molar-refractivity contribution in [2.75, 3.05) is 44.4 Å². The number of hydrogen-bond acceptors (Lipinski definition) is 9. The van der Waals surface area contributed by atoms with Crippen molar-refractivity contribution in [3.05, 3.63) is 82.6 Å². The van der Waals surface area contributed by atoms with Gasteiger partial charge in [0, 0.05) is 50.7 Å². The van der Waals surface area contributed by atoms with Crippen LogP contribution < -0.4 is 15.3 Å². The van der Waals surface area contributed by atoms with Crippen LogP contribution in [0.4, 0.5) is 14.6 Å². The van der Waals surface area contributed by atoms with E-state index >= 15 is 8.78 Å². The molecule has 13 heteroatoms. The second-order valence-electron chi connectivity index (χ2n) is 12.4. The monoisotopic (exact) mass is 674 g/mol. The largest absolute Gasteiger partial charge is 0.490 e. The SMILES string of the molecule is C=CC(=O)N1CCN(c2nc(=O)n3c4nc(c(F)cc24)-c2c(F)cccc2OCC(OCC)C(OCC)c2ccnc(C(C)C)c2-3)[C@@H](C)C1. The molecule has 0 N–H and O–H groups in total. The number of hydrogen-bond donors (Lipinski definition) is 0. The van der Waals surface area contributed by atoms with Gasteiger partial charge in [0.25, 0.3) is 0 Å². The molecule has 1 amide bonds. The number of ether oxygens (including phenoxy) is 3. The zero-order chi connectivity index (χ0) is 35.0. The molecule has 0 aliphatic carbocycles. The standard InChI is InChI=1S/C36H40F2N6O5/c1-7-28(45)42-15-16-43(21(6)18-42)34-23-17-25(38)31-29-24(37)11-10-12-26(29)49-19-27(47-8-2)33(48-9-3)22-13-14-39-30(20(4)5)32(22)44(35(23)40-31)36(46)41-34/h7,10-14,17,20-21,27,33H,1,8-9,15-16,18-19H2,2-6H3/t21-,27?,33?/m0/s1. The number of amides is 1. The first kappa shape index (κ1) is 34.1. The Morgan fingerprint density at radius 3 is 2.59 bits per heavy atom. The fraction of sp³-hybridized carbons (Fsp3) is 0.417. The maximum Gasteiger partial charge on any atom is 0.355 e. The minimum atomic E-state index is -0.829. The maximum absolute atomic E-state index is 16.4. The lowest BCUT2D eigenvalue weighted by Gasteiger charge is -2.40. The lowest BCUT2D eigenvalue weighted by molar-refractivity contribution is -0.126. The van der Waals surface area contributed by atoms with Crippen molar-refractivity contribution >= 4 is 22.8 Å². The highest BCUT2D eigenvalue weighted by Crippen LogP contribution is 2.40. The summed E-state index contributed by atoms with van der Waals surface area (Å²) in [6.45, 7) is 14.6. The second-order valence-corrected chi connectivity index (χ2v) is 12.4. The minimum absolute atomic E-state index is 0.0531. The second kappa shape index (κ2) is 14.0. The molecule has 49 heavy (non-hydrogen) atoms. The number of nitrogens with zero attached hydrogens (tertiary/aromatic N) is 6. The molecule has 0 saturated carbocycles. The van der Waals surface area contributed by atoms with Crippen LogP contribution in [-0.4, -0.2) is 81.9 Å². The number of halogens is 2. The summed E-state index contributed by atoms with van der Waals surface area (Å²) in [5.74, 6) is -1.70. The van der Waals surface area contributed by atoms with Gasteiger partial charge in [-0.3, -0.25) is 9.78 Å². The number of rotatable bonds is 7. The van der Waals surface area contributed by atoms with Crippen molar-refractivity contribution in [3.8, 4) is 22.7 Å². The summed E-state index contributed by atoms with van der Waals surface area (Å²) in [6.07, 6.45) is 1.44. The molecule has 258 valence electrons. The number of carbonyl (C=O) groups is 1. The first-order valence-electron chi connectivity index (χ1n) is 16.5. The Balaban J connectivity index is 1.73. The van der Waals surface area contributed by atoms with E-state index in [1.807, 2.05) is 39.5 Å². The minimum Gasteiger partial charge on any atom is -0.490 e.